The number of likely N-dealkylation sites (tertiary alicyclic amines) is 1. The molecule has 33 heavy (non-hydrogen) atoms. The van der Waals surface area contributed by atoms with Crippen LogP contribution in [0.4, 0.5) is 8.78 Å². The Morgan fingerprint density at radius 2 is 2.00 bits per heavy atom. The Kier molecular flexibility index (Phi) is 8.78. The predicted octanol–water partition coefficient (Wildman–Crippen LogP) is 1.50. The summed E-state index contributed by atoms with van der Waals surface area (Å²) in [5.74, 6) is -2.02. The van der Waals surface area contributed by atoms with Crippen molar-refractivity contribution in [2.45, 2.75) is 82.7 Å². The van der Waals surface area contributed by atoms with Crippen LogP contribution in [0.3, 0.4) is 0 Å². The number of unbranched alkanes of at least 4 members (excludes halogenated alkanes) is 1. The van der Waals surface area contributed by atoms with Gasteiger partial charge in [0.2, 0.25) is 11.8 Å². The summed E-state index contributed by atoms with van der Waals surface area (Å²) in [6.07, 6.45) is 2.06. The maximum atomic E-state index is 13.7. The third-order valence-corrected chi connectivity index (χ3v) is 6.78. The van der Waals surface area contributed by atoms with Gasteiger partial charge in [0.25, 0.3) is 0 Å². The quantitative estimate of drug-likeness (QED) is 0.418. The first-order valence-corrected chi connectivity index (χ1v) is 11.8. The van der Waals surface area contributed by atoms with Crippen molar-refractivity contribution in [1.29, 1.82) is 0 Å². The number of carbonyl (C=O) groups excluding carboxylic acids is 2. The molecule has 2 amide bonds. The summed E-state index contributed by atoms with van der Waals surface area (Å²) in [6.45, 7) is 4.54. The molecule has 9 heteroatoms. The first kappa shape index (κ1) is 25.5. The molecule has 7 nitrogen and oxygen atoms in total. The molecule has 2 fully saturated rings. The normalized spacial score (nSPS) is 25.8. The fraction of sp³-hybridized carbons (Fsp3) is 0.667. The van der Waals surface area contributed by atoms with Gasteiger partial charge >= 0.3 is 0 Å². The molecule has 2 saturated heterocycles. The Balaban J connectivity index is 1.71. The summed E-state index contributed by atoms with van der Waals surface area (Å²) in [6, 6.07) is 1.02. The zero-order valence-electron chi connectivity index (χ0n) is 19.3. The highest BCUT2D eigenvalue weighted by Gasteiger charge is 2.39. The number of aliphatic hydroxyl groups is 2. The van der Waals surface area contributed by atoms with Crippen LogP contribution in [0.2, 0.25) is 0 Å². The van der Waals surface area contributed by atoms with Gasteiger partial charge in [-0.2, -0.15) is 0 Å². The second kappa shape index (κ2) is 11.4. The molecule has 0 aliphatic carbocycles. The Labute approximate surface area is 193 Å². The van der Waals surface area contributed by atoms with Crippen molar-refractivity contribution in [1.82, 2.24) is 15.5 Å². The zero-order chi connectivity index (χ0) is 24.1. The summed E-state index contributed by atoms with van der Waals surface area (Å²) in [5.41, 5.74) is 0.292. The molecule has 6 atom stereocenters. The standard InChI is InChI=1S/C24H35F2N3O4/c1-3-4-5-16-6-7-29(24(16)33)14(2)23(32)28-21(22(31)20-12-19(30)13-27-20)10-15-8-17(25)11-18(26)9-15/h8-9,11,14,16,19-22,27,30-31H,3-7,10,12-13H2,1-2H3,(H,28,32)/t14-,16-,19-,20+,21-,22+/m0/s1. The van der Waals surface area contributed by atoms with E-state index in [2.05, 4.69) is 17.6 Å². The molecular weight excluding hydrogens is 432 g/mol. The maximum Gasteiger partial charge on any atom is 0.242 e. The van der Waals surface area contributed by atoms with E-state index in [1.807, 2.05) is 0 Å². The van der Waals surface area contributed by atoms with E-state index >= 15 is 0 Å². The molecule has 0 radical (unpaired) electrons. The number of nitrogens with one attached hydrogen (secondary N) is 2. The van der Waals surface area contributed by atoms with Gasteiger partial charge in [-0.1, -0.05) is 19.8 Å². The van der Waals surface area contributed by atoms with Crippen LogP contribution in [-0.2, 0) is 16.0 Å². The maximum absolute atomic E-state index is 13.7. The van der Waals surface area contributed by atoms with E-state index in [1.165, 1.54) is 0 Å². The van der Waals surface area contributed by atoms with Crippen LogP contribution in [0.5, 0.6) is 0 Å². The van der Waals surface area contributed by atoms with Crippen LogP contribution in [0.25, 0.3) is 0 Å². The molecule has 184 valence electrons. The Hall–Kier alpha value is -2.10. The lowest BCUT2D eigenvalue weighted by molar-refractivity contribution is -0.139. The average Bonchev–Trinajstić information content (AvgIpc) is 3.35. The van der Waals surface area contributed by atoms with Gasteiger partial charge in [-0.3, -0.25) is 9.59 Å². The van der Waals surface area contributed by atoms with Crippen molar-refractivity contribution in [2.24, 2.45) is 5.92 Å². The van der Waals surface area contributed by atoms with Gasteiger partial charge in [0.15, 0.2) is 0 Å². The van der Waals surface area contributed by atoms with E-state index < -0.39 is 47.9 Å². The van der Waals surface area contributed by atoms with Crippen molar-refractivity contribution in [3.8, 4) is 0 Å². The van der Waals surface area contributed by atoms with Gasteiger partial charge in [0.1, 0.15) is 17.7 Å². The van der Waals surface area contributed by atoms with Crippen molar-refractivity contribution in [3.05, 3.63) is 35.4 Å². The number of amides is 2. The van der Waals surface area contributed by atoms with E-state index in [4.69, 9.17) is 0 Å². The molecule has 2 heterocycles. The van der Waals surface area contributed by atoms with Crippen molar-refractivity contribution >= 4 is 11.8 Å². The lowest BCUT2D eigenvalue weighted by Gasteiger charge is -2.31. The van der Waals surface area contributed by atoms with Crippen LogP contribution in [0.15, 0.2) is 18.2 Å². The number of benzene rings is 1. The molecule has 1 aromatic carbocycles. The molecule has 0 unspecified atom stereocenters. The highest BCUT2D eigenvalue weighted by Crippen LogP contribution is 2.25. The smallest absolute Gasteiger partial charge is 0.242 e. The molecular formula is C24H35F2N3O4. The van der Waals surface area contributed by atoms with Crippen LogP contribution in [0, 0.1) is 17.6 Å². The number of hydrogen-bond acceptors (Lipinski definition) is 5. The summed E-state index contributed by atoms with van der Waals surface area (Å²) in [4.78, 5) is 27.4. The minimum Gasteiger partial charge on any atom is -0.392 e. The van der Waals surface area contributed by atoms with Crippen LogP contribution >= 0.6 is 0 Å². The minimum atomic E-state index is -1.10. The molecule has 0 saturated carbocycles. The van der Waals surface area contributed by atoms with E-state index in [0.29, 0.717) is 25.1 Å². The van der Waals surface area contributed by atoms with Gasteiger partial charge in [0.05, 0.1) is 18.2 Å². The van der Waals surface area contributed by atoms with E-state index in [1.54, 1.807) is 11.8 Å². The third kappa shape index (κ3) is 6.49. The number of halogens is 2. The number of aliphatic hydroxyl groups excluding tert-OH is 2. The van der Waals surface area contributed by atoms with Gasteiger partial charge in [0, 0.05) is 31.1 Å². The lowest BCUT2D eigenvalue weighted by atomic mass is 9.94. The average molecular weight is 468 g/mol. The van der Waals surface area contributed by atoms with Gasteiger partial charge in [-0.15, -0.1) is 0 Å². The number of β-amino-alcohol motifs (C(OH)–C–C–N with tert-alkyl or cyclic N) is 1. The molecule has 4 N–H and O–H groups in total. The molecule has 2 aliphatic heterocycles. The highest BCUT2D eigenvalue weighted by atomic mass is 19.1. The number of hydrogen-bond donors (Lipinski definition) is 4. The lowest BCUT2D eigenvalue weighted by Crippen LogP contribution is -2.56. The van der Waals surface area contributed by atoms with Gasteiger partial charge in [-0.05, 0) is 50.3 Å². The zero-order valence-corrected chi connectivity index (χ0v) is 19.3. The Bertz CT molecular complexity index is 820. The number of rotatable bonds is 10. The largest absolute Gasteiger partial charge is 0.392 e. The fourth-order valence-electron chi connectivity index (χ4n) is 4.84. The summed E-state index contributed by atoms with van der Waals surface area (Å²) in [7, 11) is 0. The molecule has 0 aromatic heterocycles. The molecule has 0 spiro atoms. The number of carbonyl (C=O) groups is 2. The van der Waals surface area contributed by atoms with E-state index in [0.717, 1.165) is 43.9 Å². The van der Waals surface area contributed by atoms with Crippen LogP contribution in [-0.4, -0.2) is 70.4 Å². The van der Waals surface area contributed by atoms with E-state index in [-0.39, 0.29) is 18.2 Å². The minimum absolute atomic E-state index is 0.00431. The first-order valence-electron chi connectivity index (χ1n) is 11.8. The number of nitrogens with zero attached hydrogens (tertiary/aromatic N) is 1. The van der Waals surface area contributed by atoms with Crippen LogP contribution in [0.1, 0.15) is 51.5 Å². The fourth-order valence-corrected chi connectivity index (χ4v) is 4.84. The molecule has 1 aromatic rings. The van der Waals surface area contributed by atoms with Crippen molar-refractivity contribution in [2.75, 3.05) is 13.1 Å². The summed E-state index contributed by atoms with van der Waals surface area (Å²) >= 11 is 0. The van der Waals surface area contributed by atoms with Crippen LogP contribution < -0.4 is 10.6 Å². The van der Waals surface area contributed by atoms with Gasteiger partial charge < -0.3 is 25.7 Å². The molecule has 2 aliphatic rings. The SMILES string of the molecule is CCCC[C@H]1CCN([C@@H](C)C(=O)N[C@@H](Cc2cc(F)cc(F)c2)[C@H](O)[C@H]2C[C@H](O)CN2)C1=O. The monoisotopic (exact) mass is 467 g/mol. The van der Waals surface area contributed by atoms with Gasteiger partial charge in [-0.25, -0.2) is 8.78 Å². The highest BCUT2D eigenvalue weighted by molar-refractivity contribution is 5.89. The Morgan fingerprint density at radius 3 is 2.61 bits per heavy atom. The molecule has 3 rings (SSSR count). The van der Waals surface area contributed by atoms with E-state index in [9.17, 15) is 28.6 Å². The molecule has 0 bridgehead atoms. The topological polar surface area (TPSA) is 102 Å². The second-order valence-electron chi connectivity index (χ2n) is 9.33. The Morgan fingerprint density at radius 1 is 1.30 bits per heavy atom. The predicted molar refractivity (Wildman–Crippen MR) is 119 cm³/mol. The van der Waals surface area contributed by atoms with Crippen molar-refractivity contribution < 1.29 is 28.6 Å². The second-order valence-corrected chi connectivity index (χ2v) is 9.33. The third-order valence-electron chi connectivity index (χ3n) is 6.78. The summed E-state index contributed by atoms with van der Waals surface area (Å²) < 4.78 is 27.4. The summed E-state index contributed by atoms with van der Waals surface area (Å²) in [5, 5.41) is 26.6. The first-order chi connectivity index (χ1) is 15.7. The van der Waals surface area contributed by atoms with Crippen molar-refractivity contribution in [3.63, 3.8) is 0 Å².